The summed E-state index contributed by atoms with van der Waals surface area (Å²) in [6.45, 7) is 3.15. The van der Waals surface area contributed by atoms with Crippen LogP contribution in [0.15, 0.2) is 36.8 Å². The third-order valence-corrected chi connectivity index (χ3v) is 3.84. The van der Waals surface area contributed by atoms with Crippen LogP contribution in [0, 0.1) is 5.82 Å². The Bertz CT molecular complexity index is 558. The van der Waals surface area contributed by atoms with Crippen molar-refractivity contribution in [2.75, 3.05) is 13.1 Å². The maximum Gasteiger partial charge on any atom is 0.128 e. The highest BCUT2D eigenvalue weighted by Crippen LogP contribution is 2.17. The lowest BCUT2D eigenvalue weighted by Crippen LogP contribution is -2.39. The van der Waals surface area contributed by atoms with Crippen molar-refractivity contribution in [1.82, 2.24) is 14.9 Å². The molecule has 5 heteroatoms. The molecule has 0 spiro atoms. The van der Waals surface area contributed by atoms with E-state index in [4.69, 9.17) is 4.74 Å². The maximum absolute atomic E-state index is 13.6. The summed E-state index contributed by atoms with van der Waals surface area (Å²) in [5.74, 6) is -0.192. The highest BCUT2D eigenvalue weighted by atomic mass is 19.1. The molecule has 3 rings (SSSR count). The van der Waals surface area contributed by atoms with Crippen LogP contribution in [-0.4, -0.2) is 34.1 Å². The van der Waals surface area contributed by atoms with Crippen LogP contribution < -0.4 is 0 Å². The van der Waals surface area contributed by atoms with E-state index >= 15 is 0 Å². The number of rotatable bonds is 5. The van der Waals surface area contributed by atoms with E-state index in [9.17, 15) is 4.39 Å². The number of nitrogens with zero attached hydrogens (tertiary/aromatic N) is 2. The lowest BCUT2D eigenvalue weighted by atomic mass is 10.1. The smallest absolute Gasteiger partial charge is 0.128 e. The SMILES string of the molecule is Fc1ccccc1CO[C@H]1CCCN(Cc2cnc[nH]2)C1. The Morgan fingerprint density at radius 2 is 2.29 bits per heavy atom. The van der Waals surface area contributed by atoms with Gasteiger partial charge < -0.3 is 9.72 Å². The van der Waals surface area contributed by atoms with Gasteiger partial charge in [0.25, 0.3) is 0 Å². The van der Waals surface area contributed by atoms with E-state index < -0.39 is 0 Å². The average Bonchev–Trinajstić information content (AvgIpc) is 3.00. The molecule has 0 unspecified atom stereocenters. The van der Waals surface area contributed by atoms with Crippen LogP contribution in [0.1, 0.15) is 24.1 Å². The van der Waals surface area contributed by atoms with Crippen LogP contribution in [-0.2, 0) is 17.9 Å². The Balaban J connectivity index is 1.51. The predicted molar refractivity (Wildman–Crippen MR) is 78.1 cm³/mol. The molecule has 1 aliphatic heterocycles. The topological polar surface area (TPSA) is 41.1 Å². The number of hydrogen-bond donors (Lipinski definition) is 1. The summed E-state index contributed by atoms with van der Waals surface area (Å²) < 4.78 is 19.5. The van der Waals surface area contributed by atoms with Gasteiger partial charge in [0.1, 0.15) is 5.82 Å². The summed E-state index contributed by atoms with van der Waals surface area (Å²) in [5.41, 5.74) is 1.74. The molecule has 1 saturated heterocycles. The van der Waals surface area contributed by atoms with Gasteiger partial charge in [0, 0.05) is 30.5 Å². The third-order valence-electron chi connectivity index (χ3n) is 3.84. The van der Waals surface area contributed by atoms with Gasteiger partial charge >= 0.3 is 0 Å². The lowest BCUT2D eigenvalue weighted by molar-refractivity contribution is -0.0132. The minimum atomic E-state index is -0.192. The van der Waals surface area contributed by atoms with Crippen molar-refractivity contribution < 1.29 is 9.13 Å². The van der Waals surface area contributed by atoms with Crippen LogP contribution >= 0.6 is 0 Å². The molecule has 2 aromatic rings. The summed E-state index contributed by atoms with van der Waals surface area (Å²) in [5, 5.41) is 0. The van der Waals surface area contributed by atoms with E-state index in [1.54, 1.807) is 18.5 Å². The van der Waals surface area contributed by atoms with Crippen LogP contribution in [0.3, 0.4) is 0 Å². The number of nitrogens with one attached hydrogen (secondary N) is 1. The Hall–Kier alpha value is -1.72. The van der Waals surface area contributed by atoms with Crippen molar-refractivity contribution in [3.8, 4) is 0 Å². The second-order valence-corrected chi connectivity index (χ2v) is 5.48. The van der Waals surface area contributed by atoms with Gasteiger partial charge in [-0.2, -0.15) is 0 Å². The van der Waals surface area contributed by atoms with Crippen molar-refractivity contribution in [2.45, 2.75) is 32.1 Å². The average molecular weight is 289 g/mol. The molecule has 1 aromatic heterocycles. The standard InChI is InChI=1S/C16H20FN3O/c17-16-6-2-1-4-13(16)11-21-15-5-3-7-20(10-15)9-14-8-18-12-19-14/h1-2,4,6,8,12,15H,3,5,7,9-11H2,(H,18,19)/t15-/m0/s1. The third kappa shape index (κ3) is 3.89. The molecular weight excluding hydrogens is 269 g/mol. The van der Waals surface area contributed by atoms with Crippen LogP contribution in [0.25, 0.3) is 0 Å². The zero-order chi connectivity index (χ0) is 14.5. The monoisotopic (exact) mass is 289 g/mol. The van der Waals surface area contributed by atoms with Gasteiger partial charge in [0.15, 0.2) is 0 Å². The highest BCUT2D eigenvalue weighted by molar-refractivity contribution is 5.16. The van der Waals surface area contributed by atoms with Crippen molar-refractivity contribution >= 4 is 0 Å². The fourth-order valence-electron chi connectivity index (χ4n) is 2.73. The van der Waals surface area contributed by atoms with Crippen molar-refractivity contribution in [1.29, 1.82) is 0 Å². The molecule has 112 valence electrons. The van der Waals surface area contributed by atoms with E-state index in [1.165, 1.54) is 6.07 Å². The van der Waals surface area contributed by atoms with Gasteiger partial charge in [-0.15, -0.1) is 0 Å². The van der Waals surface area contributed by atoms with E-state index in [0.29, 0.717) is 12.2 Å². The second-order valence-electron chi connectivity index (χ2n) is 5.48. The number of imidazole rings is 1. The largest absolute Gasteiger partial charge is 0.372 e. The normalized spacial score (nSPS) is 19.8. The summed E-state index contributed by atoms with van der Waals surface area (Å²) in [4.78, 5) is 9.51. The van der Waals surface area contributed by atoms with Crippen LogP contribution in [0.4, 0.5) is 4.39 Å². The van der Waals surface area contributed by atoms with Gasteiger partial charge in [-0.05, 0) is 25.5 Å². The lowest BCUT2D eigenvalue weighted by Gasteiger charge is -2.32. The number of piperidine rings is 1. The van der Waals surface area contributed by atoms with Gasteiger partial charge in [-0.25, -0.2) is 9.37 Å². The minimum Gasteiger partial charge on any atom is -0.372 e. The van der Waals surface area contributed by atoms with E-state index in [0.717, 1.165) is 38.2 Å². The number of aromatic nitrogens is 2. The van der Waals surface area contributed by atoms with Crippen LogP contribution in [0.2, 0.25) is 0 Å². The molecule has 1 atom stereocenters. The fraction of sp³-hybridized carbons (Fsp3) is 0.438. The first-order valence-electron chi connectivity index (χ1n) is 7.36. The number of benzene rings is 1. The first kappa shape index (κ1) is 14.2. The van der Waals surface area contributed by atoms with Gasteiger partial charge in [-0.3, -0.25) is 4.90 Å². The zero-order valence-electron chi connectivity index (χ0n) is 12.0. The summed E-state index contributed by atoms with van der Waals surface area (Å²) in [6.07, 6.45) is 5.86. The maximum atomic E-state index is 13.6. The molecule has 0 aliphatic carbocycles. The molecule has 4 nitrogen and oxygen atoms in total. The van der Waals surface area contributed by atoms with E-state index in [2.05, 4.69) is 14.9 Å². The molecule has 1 fully saturated rings. The number of halogens is 1. The Morgan fingerprint density at radius 1 is 1.38 bits per heavy atom. The molecule has 1 aliphatic rings. The predicted octanol–water partition coefficient (Wildman–Crippen LogP) is 2.73. The van der Waals surface area contributed by atoms with E-state index in [1.807, 2.05) is 12.3 Å². The van der Waals surface area contributed by atoms with Gasteiger partial charge in [0.2, 0.25) is 0 Å². The first-order chi connectivity index (χ1) is 10.3. The quantitative estimate of drug-likeness (QED) is 0.920. The number of aromatic amines is 1. The fourth-order valence-corrected chi connectivity index (χ4v) is 2.73. The molecule has 0 saturated carbocycles. The zero-order valence-corrected chi connectivity index (χ0v) is 12.0. The second kappa shape index (κ2) is 6.83. The van der Waals surface area contributed by atoms with Crippen molar-refractivity contribution in [3.63, 3.8) is 0 Å². The summed E-state index contributed by atoms with van der Waals surface area (Å²) in [6, 6.07) is 6.80. The first-order valence-corrected chi connectivity index (χ1v) is 7.36. The summed E-state index contributed by atoms with van der Waals surface area (Å²) in [7, 11) is 0. The molecule has 21 heavy (non-hydrogen) atoms. The van der Waals surface area contributed by atoms with Crippen molar-refractivity contribution in [2.24, 2.45) is 0 Å². The molecule has 2 heterocycles. The van der Waals surface area contributed by atoms with Crippen LogP contribution in [0.5, 0.6) is 0 Å². The molecule has 0 bridgehead atoms. The minimum absolute atomic E-state index is 0.168. The Morgan fingerprint density at radius 3 is 3.10 bits per heavy atom. The van der Waals surface area contributed by atoms with Gasteiger partial charge in [0.05, 0.1) is 19.0 Å². The van der Waals surface area contributed by atoms with Crippen molar-refractivity contribution in [3.05, 3.63) is 53.9 Å². The highest BCUT2D eigenvalue weighted by Gasteiger charge is 2.21. The molecule has 1 N–H and O–H groups in total. The number of H-pyrrole nitrogens is 1. The summed E-state index contributed by atoms with van der Waals surface area (Å²) >= 11 is 0. The Kier molecular flexibility index (Phi) is 4.62. The molecule has 0 radical (unpaired) electrons. The number of hydrogen-bond acceptors (Lipinski definition) is 3. The van der Waals surface area contributed by atoms with E-state index in [-0.39, 0.29) is 11.9 Å². The molecule has 0 amide bonds. The Labute approximate surface area is 124 Å². The molecule has 1 aromatic carbocycles. The number of likely N-dealkylation sites (tertiary alicyclic amines) is 1. The number of ether oxygens (including phenoxy) is 1. The van der Waals surface area contributed by atoms with Gasteiger partial charge in [-0.1, -0.05) is 18.2 Å². The molecular formula is C16H20FN3O.